The maximum absolute atomic E-state index is 5.89. The number of ether oxygens (including phenoxy) is 1. The molecule has 3 heteroatoms. The first-order chi connectivity index (χ1) is 16.6. The Bertz CT molecular complexity index is 993. The number of pyridine rings is 1. The topological polar surface area (TPSA) is 25.4 Å². The Morgan fingerprint density at radius 1 is 0.853 bits per heavy atom. The second kappa shape index (κ2) is 13.3. The van der Waals surface area contributed by atoms with Crippen LogP contribution < -0.4 is 4.74 Å². The summed E-state index contributed by atoms with van der Waals surface area (Å²) in [5.74, 6) is 0.919. The predicted octanol–water partition coefficient (Wildman–Crippen LogP) is 8.03. The Hall–Kier alpha value is -2.65. The quantitative estimate of drug-likeness (QED) is 0.242. The van der Waals surface area contributed by atoms with Crippen molar-refractivity contribution in [2.24, 2.45) is 0 Å². The monoisotopic (exact) mass is 458 g/mol. The van der Waals surface area contributed by atoms with Crippen molar-refractivity contribution in [3.63, 3.8) is 0 Å². The van der Waals surface area contributed by atoms with E-state index in [9.17, 15) is 0 Å². The van der Waals surface area contributed by atoms with Gasteiger partial charge in [0.25, 0.3) is 0 Å². The summed E-state index contributed by atoms with van der Waals surface area (Å²) in [7, 11) is 4.00. The third kappa shape index (κ3) is 6.48. The fraction of sp³-hybridized carbons (Fsp3) is 0.452. The number of aryl methyl sites for hydroxylation is 2. The number of benzene rings is 2. The number of unbranched alkanes of at least 4 members (excludes halogenated alkanes) is 3. The maximum Gasteiger partial charge on any atom is 0.127 e. The number of rotatable bonds is 13. The van der Waals surface area contributed by atoms with Gasteiger partial charge < -0.3 is 4.74 Å². The summed E-state index contributed by atoms with van der Waals surface area (Å²) in [4.78, 5) is 7.40. The zero-order valence-electron chi connectivity index (χ0n) is 21.8. The summed E-state index contributed by atoms with van der Waals surface area (Å²) >= 11 is 0. The third-order valence-corrected chi connectivity index (χ3v) is 6.89. The van der Waals surface area contributed by atoms with E-state index in [0.717, 1.165) is 42.8 Å². The molecule has 0 spiro atoms. The molecule has 3 aromatic rings. The Balaban J connectivity index is 1.87. The molecular weight excluding hydrogens is 416 g/mol. The number of aromatic nitrogens is 1. The highest BCUT2D eigenvalue weighted by Gasteiger charge is 2.20. The summed E-state index contributed by atoms with van der Waals surface area (Å²) in [6.07, 6.45) is 10.3. The SMILES string of the molecule is CCCCCCC(c1ccccc1)N(C)Cc1cnc(-c2c(CC)cccc2CC)cc1OC. The molecule has 0 bridgehead atoms. The van der Waals surface area contributed by atoms with E-state index in [1.54, 1.807) is 7.11 Å². The highest BCUT2D eigenvalue weighted by Crippen LogP contribution is 2.33. The molecule has 3 rings (SSSR count). The van der Waals surface area contributed by atoms with E-state index in [-0.39, 0.29) is 0 Å². The minimum absolute atomic E-state index is 0.384. The molecule has 3 nitrogen and oxygen atoms in total. The minimum atomic E-state index is 0.384. The average Bonchev–Trinajstić information content (AvgIpc) is 2.88. The molecule has 0 amide bonds. The van der Waals surface area contributed by atoms with E-state index in [2.05, 4.69) is 87.3 Å². The summed E-state index contributed by atoms with van der Waals surface area (Å²) in [6, 6.07) is 20.0. The van der Waals surface area contributed by atoms with Gasteiger partial charge in [-0.15, -0.1) is 0 Å². The molecule has 0 radical (unpaired) electrons. The normalized spacial score (nSPS) is 12.2. The summed E-state index contributed by atoms with van der Waals surface area (Å²) in [5, 5.41) is 0. The van der Waals surface area contributed by atoms with E-state index in [1.807, 2.05) is 6.20 Å². The Morgan fingerprint density at radius 3 is 2.18 bits per heavy atom. The van der Waals surface area contributed by atoms with Crippen LogP contribution in [0.3, 0.4) is 0 Å². The first-order valence-corrected chi connectivity index (χ1v) is 13.0. The lowest BCUT2D eigenvalue weighted by molar-refractivity contribution is 0.217. The van der Waals surface area contributed by atoms with Crippen LogP contribution >= 0.6 is 0 Å². The van der Waals surface area contributed by atoms with Crippen LogP contribution in [-0.4, -0.2) is 24.0 Å². The van der Waals surface area contributed by atoms with Crippen molar-refractivity contribution in [1.29, 1.82) is 0 Å². The van der Waals surface area contributed by atoms with Crippen LogP contribution in [0.1, 0.15) is 81.2 Å². The lowest BCUT2D eigenvalue weighted by atomic mass is 9.94. The Morgan fingerprint density at radius 2 is 1.56 bits per heavy atom. The molecular formula is C31H42N2O. The van der Waals surface area contributed by atoms with Gasteiger partial charge in [0, 0.05) is 36.0 Å². The molecule has 182 valence electrons. The Labute approximate surface area is 207 Å². The van der Waals surface area contributed by atoms with Gasteiger partial charge in [-0.05, 0) is 43.0 Å². The molecule has 2 aromatic carbocycles. The van der Waals surface area contributed by atoms with Gasteiger partial charge >= 0.3 is 0 Å². The van der Waals surface area contributed by atoms with E-state index >= 15 is 0 Å². The van der Waals surface area contributed by atoms with E-state index < -0.39 is 0 Å². The molecule has 1 unspecified atom stereocenters. The van der Waals surface area contributed by atoms with E-state index in [1.165, 1.54) is 47.9 Å². The summed E-state index contributed by atoms with van der Waals surface area (Å²) < 4.78 is 5.89. The van der Waals surface area contributed by atoms with Gasteiger partial charge in [-0.1, -0.05) is 95.0 Å². The third-order valence-electron chi connectivity index (χ3n) is 6.89. The molecule has 0 fully saturated rings. The van der Waals surface area contributed by atoms with Gasteiger partial charge in [0.1, 0.15) is 5.75 Å². The van der Waals surface area contributed by atoms with Crippen molar-refractivity contribution in [2.75, 3.05) is 14.2 Å². The minimum Gasteiger partial charge on any atom is -0.496 e. The average molecular weight is 459 g/mol. The van der Waals surface area contributed by atoms with Crippen LogP contribution in [0.15, 0.2) is 60.8 Å². The van der Waals surface area contributed by atoms with Gasteiger partial charge in [-0.2, -0.15) is 0 Å². The number of hydrogen-bond acceptors (Lipinski definition) is 3. The second-order valence-corrected chi connectivity index (χ2v) is 9.23. The highest BCUT2D eigenvalue weighted by atomic mass is 16.5. The molecule has 0 aliphatic rings. The molecule has 34 heavy (non-hydrogen) atoms. The van der Waals surface area contributed by atoms with Crippen molar-refractivity contribution in [3.05, 3.63) is 83.0 Å². The molecule has 1 atom stereocenters. The largest absolute Gasteiger partial charge is 0.496 e. The van der Waals surface area contributed by atoms with E-state index in [4.69, 9.17) is 9.72 Å². The molecule has 0 saturated carbocycles. The zero-order chi connectivity index (χ0) is 24.3. The molecule has 0 aliphatic heterocycles. The molecule has 1 heterocycles. The number of methoxy groups -OCH3 is 1. The maximum atomic E-state index is 5.89. The Kier molecular flexibility index (Phi) is 10.2. The lowest BCUT2D eigenvalue weighted by Crippen LogP contribution is -2.24. The van der Waals surface area contributed by atoms with Gasteiger partial charge in [0.15, 0.2) is 0 Å². The first-order valence-electron chi connectivity index (χ1n) is 13.0. The standard InChI is InChI=1S/C31H42N2O/c1-6-9-10-14-20-29(26-16-12-11-13-17-26)33(4)23-27-22-32-28(21-30(27)34-5)31-24(7-2)18-15-19-25(31)8-3/h11-13,15-19,21-22,29H,6-10,14,20,23H2,1-5H3. The van der Waals surface area contributed by atoms with Crippen LogP contribution in [0.5, 0.6) is 5.75 Å². The fourth-order valence-electron chi connectivity index (χ4n) is 4.94. The van der Waals surface area contributed by atoms with Gasteiger partial charge in [0.05, 0.1) is 12.8 Å². The van der Waals surface area contributed by atoms with Crippen molar-refractivity contribution in [2.45, 2.75) is 78.3 Å². The number of hydrogen-bond donors (Lipinski definition) is 0. The van der Waals surface area contributed by atoms with Gasteiger partial charge in [-0.3, -0.25) is 9.88 Å². The smallest absolute Gasteiger partial charge is 0.127 e. The molecule has 0 aliphatic carbocycles. The zero-order valence-corrected chi connectivity index (χ0v) is 21.8. The lowest BCUT2D eigenvalue weighted by Gasteiger charge is -2.29. The summed E-state index contributed by atoms with van der Waals surface area (Å²) in [6.45, 7) is 7.50. The highest BCUT2D eigenvalue weighted by molar-refractivity contribution is 5.69. The van der Waals surface area contributed by atoms with Gasteiger partial charge in [-0.25, -0.2) is 0 Å². The number of nitrogens with zero attached hydrogens (tertiary/aromatic N) is 2. The first kappa shape index (κ1) is 26.0. The molecule has 1 aromatic heterocycles. The van der Waals surface area contributed by atoms with Crippen LogP contribution in [0.2, 0.25) is 0 Å². The van der Waals surface area contributed by atoms with E-state index in [0.29, 0.717) is 6.04 Å². The van der Waals surface area contributed by atoms with Gasteiger partial charge in [0.2, 0.25) is 0 Å². The molecule has 0 saturated heterocycles. The van der Waals surface area contributed by atoms with Crippen LogP contribution in [0.4, 0.5) is 0 Å². The second-order valence-electron chi connectivity index (χ2n) is 9.23. The van der Waals surface area contributed by atoms with Crippen molar-refractivity contribution >= 4 is 0 Å². The fourth-order valence-corrected chi connectivity index (χ4v) is 4.94. The van der Waals surface area contributed by atoms with Crippen molar-refractivity contribution in [3.8, 4) is 17.0 Å². The van der Waals surface area contributed by atoms with Crippen LogP contribution in [-0.2, 0) is 19.4 Å². The van der Waals surface area contributed by atoms with Crippen molar-refractivity contribution < 1.29 is 4.74 Å². The van der Waals surface area contributed by atoms with Crippen molar-refractivity contribution in [1.82, 2.24) is 9.88 Å². The predicted molar refractivity (Wildman–Crippen MR) is 144 cm³/mol. The van der Waals surface area contributed by atoms with Crippen LogP contribution in [0, 0.1) is 0 Å². The van der Waals surface area contributed by atoms with Crippen LogP contribution in [0.25, 0.3) is 11.3 Å². The molecule has 0 N–H and O–H groups in total. The summed E-state index contributed by atoms with van der Waals surface area (Å²) in [5.41, 5.74) is 7.48.